The largest absolute Gasteiger partial charge is 0.489 e. The normalized spacial score (nSPS) is 18.7. The van der Waals surface area contributed by atoms with Gasteiger partial charge in [-0.05, 0) is 39.1 Å². The SMILES string of the molecule is C[C@H]1COc2c(Cl)c(-c3ccc(F)c4sc(N)c(C#N)c34)c(F)c3nc4nc(c23)N1CCC=CC(CN(C)C)CO4. The Kier molecular flexibility index (Phi) is 7.09. The molecule has 2 atom stereocenters. The number of thiophene rings is 1. The van der Waals surface area contributed by atoms with E-state index in [4.69, 9.17) is 31.8 Å². The number of hydrogen-bond donors (Lipinski definition) is 1. The van der Waals surface area contributed by atoms with Crippen molar-refractivity contribution < 1.29 is 18.3 Å². The van der Waals surface area contributed by atoms with Gasteiger partial charge >= 0.3 is 6.01 Å². The molecule has 1 unspecified atom stereocenters. The molecule has 2 aromatic carbocycles. The maximum absolute atomic E-state index is 16.8. The Balaban J connectivity index is 1.64. The van der Waals surface area contributed by atoms with Gasteiger partial charge in [0.1, 0.15) is 34.8 Å². The third-order valence-electron chi connectivity index (χ3n) is 7.39. The molecular formula is C29H27ClF2N6O2S. The summed E-state index contributed by atoms with van der Waals surface area (Å²) in [5, 5.41) is 10.5. The minimum Gasteiger partial charge on any atom is -0.489 e. The highest BCUT2D eigenvalue weighted by molar-refractivity contribution is 7.23. The van der Waals surface area contributed by atoms with Crippen molar-refractivity contribution in [3.05, 3.63) is 46.5 Å². The third-order valence-corrected chi connectivity index (χ3v) is 8.77. The molecule has 8 nitrogen and oxygen atoms in total. The Morgan fingerprint density at radius 3 is 2.78 bits per heavy atom. The van der Waals surface area contributed by atoms with Crippen molar-refractivity contribution in [3.63, 3.8) is 0 Å². The predicted octanol–water partition coefficient (Wildman–Crippen LogP) is 6.00. The van der Waals surface area contributed by atoms with Crippen molar-refractivity contribution >= 4 is 54.7 Å². The molecule has 0 spiro atoms. The van der Waals surface area contributed by atoms with Crippen LogP contribution in [-0.4, -0.2) is 61.3 Å². The number of halogens is 3. The van der Waals surface area contributed by atoms with Crippen LogP contribution in [-0.2, 0) is 0 Å². The molecule has 2 aliphatic rings. The number of rotatable bonds is 3. The van der Waals surface area contributed by atoms with E-state index in [0.29, 0.717) is 24.4 Å². The van der Waals surface area contributed by atoms with E-state index in [1.807, 2.05) is 27.1 Å². The van der Waals surface area contributed by atoms with Crippen LogP contribution in [0.4, 0.5) is 19.6 Å². The molecule has 2 bridgehead atoms. The van der Waals surface area contributed by atoms with Gasteiger partial charge in [-0.1, -0.05) is 29.8 Å². The number of fused-ring (bicyclic) bond motifs is 2. The molecular weight excluding hydrogens is 570 g/mol. The summed E-state index contributed by atoms with van der Waals surface area (Å²) < 4.78 is 44.0. The zero-order valence-electron chi connectivity index (χ0n) is 22.7. The first-order valence-corrected chi connectivity index (χ1v) is 14.4. The molecule has 0 amide bonds. The Morgan fingerprint density at radius 2 is 2.02 bits per heavy atom. The number of nitrogens with two attached hydrogens (primary N) is 1. The molecule has 2 aliphatic heterocycles. The van der Waals surface area contributed by atoms with E-state index >= 15 is 4.39 Å². The fourth-order valence-corrected chi connectivity index (χ4v) is 6.82. The second-order valence-corrected chi connectivity index (χ2v) is 12.0. The lowest BCUT2D eigenvalue weighted by molar-refractivity contribution is 0.225. The molecule has 4 heterocycles. The number of benzene rings is 2. The van der Waals surface area contributed by atoms with Crippen LogP contribution in [0.1, 0.15) is 18.9 Å². The van der Waals surface area contributed by atoms with Crippen molar-refractivity contribution in [2.24, 2.45) is 5.92 Å². The first-order chi connectivity index (χ1) is 19.7. The van der Waals surface area contributed by atoms with Gasteiger partial charge in [0, 0.05) is 30.0 Å². The van der Waals surface area contributed by atoms with Crippen LogP contribution in [0, 0.1) is 28.9 Å². The lowest BCUT2D eigenvalue weighted by Crippen LogP contribution is -2.37. The quantitative estimate of drug-likeness (QED) is 0.287. The van der Waals surface area contributed by atoms with E-state index < -0.39 is 11.6 Å². The molecule has 0 fully saturated rings. The van der Waals surface area contributed by atoms with Gasteiger partial charge in [0.2, 0.25) is 0 Å². The highest BCUT2D eigenvalue weighted by Gasteiger charge is 2.33. The molecule has 0 aliphatic carbocycles. The fourth-order valence-electron chi connectivity index (χ4n) is 5.54. The average molecular weight is 597 g/mol. The van der Waals surface area contributed by atoms with Gasteiger partial charge in [0.25, 0.3) is 0 Å². The molecule has 212 valence electrons. The first-order valence-electron chi connectivity index (χ1n) is 13.2. The highest BCUT2D eigenvalue weighted by atomic mass is 35.5. The second-order valence-electron chi connectivity index (χ2n) is 10.5. The fraction of sp³-hybridized carbons (Fsp3) is 0.345. The monoisotopic (exact) mass is 596 g/mol. The molecule has 0 saturated carbocycles. The smallest absolute Gasteiger partial charge is 0.319 e. The van der Waals surface area contributed by atoms with Gasteiger partial charge in [0.05, 0.1) is 33.3 Å². The molecule has 6 rings (SSSR count). The van der Waals surface area contributed by atoms with Gasteiger partial charge in [0.15, 0.2) is 11.6 Å². The van der Waals surface area contributed by atoms with Crippen molar-refractivity contribution in [2.75, 3.05) is 51.0 Å². The van der Waals surface area contributed by atoms with E-state index in [1.54, 1.807) is 0 Å². The standard InChI is InChI=1S/C29H27ClF2N6O2S/c1-14-12-39-25-21-24(35-29-36-28(21)38(14)9-5-4-6-15(13-40-29)11-37(2)3)23(32)20(22(25)30)16-7-8-18(31)26-19(16)17(10-33)27(34)41-26/h4,6-8,14-15H,5,9,11-13,34H2,1-3H3/t14-,15?/m0/s1. The summed E-state index contributed by atoms with van der Waals surface area (Å²) in [4.78, 5) is 13.4. The van der Waals surface area contributed by atoms with Crippen LogP contribution < -0.4 is 20.1 Å². The summed E-state index contributed by atoms with van der Waals surface area (Å²) in [7, 11) is 3.98. The van der Waals surface area contributed by atoms with E-state index in [0.717, 1.165) is 24.3 Å². The van der Waals surface area contributed by atoms with Gasteiger partial charge in [-0.15, -0.1) is 11.3 Å². The molecule has 12 heteroatoms. The number of aromatic nitrogens is 2. The third kappa shape index (κ3) is 4.60. The Hall–Kier alpha value is -3.72. The van der Waals surface area contributed by atoms with Crippen LogP contribution in [0.15, 0.2) is 24.3 Å². The van der Waals surface area contributed by atoms with Crippen LogP contribution in [0.25, 0.3) is 32.1 Å². The van der Waals surface area contributed by atoms with Gasteiger partial charge < -0.3 is 25.0 Å². The number of nitrogens with zero attached hydrogens (tertiary/aromatic N) is 5. The van der Waals surface area contributed by atoms with Crippen LogP contribution >= 0.6 is 22.9 Å². The predicted molar refractivity (Wildman–Crippen MR) is 158 cm³/mol. The first kappa shape index (κ1) is 27.4. The number of nitrogen functional groups attached to an aromatic ring is 1. The summed E-state index contributed by atoms with van der Waals surface area (Å²) in [5.41, 5.74) is 6.25. The second kappa shape index (κ2) is 10.6. The van der Waals surface area contributed by atoms with Crippen molar-refractivity contribution in [1.82, 2.24) is 14.9 Å². The summed E-state index contributed by atoms with van der Waals surface area (Å²) in [6, 6.07) is 4.56. The minimum atomic E-state index is -0.750. The van der Waals surface area contributed by atoms with Gasteiger partial charge in [-0.3, -0.25) is 0 Å². The maximum Gasteiger partial charge on any atom is 0.319 e. The lowest BCUT2D eigenvalue weighted by Gasteiger charge is -2.28. The zero-order chi connectivity index (χ0) is 29.0. The zero-order valence-corrected chi connectivity index (χ0v) is 24.2. The Bertz CT molecular complexity index is 1770. The Morgan fingerprint density at radius 1 is 1.22 bits per heavy atom. The van der Waals surface area contributed by atoms with Crippen molar-refractivity contribution in [1.29, 1.82) is 5.26 Å². The Labute approximate surface area is 244 Å². The van der Waals surface area contributed by atoms with Crippen LogP contribution in [0.5, 0.6) is 11.8 Å². The molecule has 41 heavy (non-hydrogen) atoms. The average Bonchev–Trinajstić information content (AvgIpc) is 3.19. The molecule has 2 aromatic heterocycles. The number of nitriles is 1. The van der Waals surface area contributed by atoms with Gasteiger partial charge in [-0.2, -0.15) is 15.2 Å². The molecule has 0 saturated heterocycles. The van der Waals surface area contributed by atoms with E-state index in [9.17, 15) is 9.65 Å². The molecule has 2 N–H and O–H groups in total. The topological polar surface area (TPSA) is 101 Å². The van der Waals surface area contributed by atoms with Crippen molar-refractivity contribution in [2.45, 2.75) is 19.4 Å². The number of ether oxygens (including phenoxy) is 2. The summed E-state index contributed by atoms with van der Waals surface area (Å²) in [5.74, 6) is -0.540. The lowest BCUT2D eigenvalue weighted by atomic mass is 9.96. The molecule has 4 aromatic rings. The summed E-state index contributed by atoms with van der Waals surface area (Å²) in [6.45, 7) is 3.93. The molecule has 0 radical (unpaired) electrons. The number of hydrogen-bond acceptors (Lipinski definition) is 9. The summed E-state index contributed by atoms with van der Waals surface area (Å²) >= 11 is 7.87. The van der Waals surface area contributed by atoms with E-state index in [2.05, 4.69) is 26.9 Å². The summed E-state index contributed by atoms with van der Waals surface area (Å²) in [6.07, 6.45) is 5.00. The van der Waals surface area contributed by atoms with Gasteiger partial charge in [-0.25, -0.2) is 8.78 Å². The van der Waals surface area contributed by atoms with E-state index in [1.165, 1.54) is 12.1 Å². The number of anilines is 2. The minimum absolute atomic E-state index is 0.0144. The van der Waals surface area contributed by atoms with Crippen molar-refractivity contribution in [3.8, 4) is 29.0 Å². The van der Waals surface area contributed by atoms with Crippen LogP contribution in [0.3, 0.4) is 0 Å². The highest BCUT2D eigenvalue weighted by Crippen LogP contribution is 2.51. The van der Waals surface area contributed by atoms with Crippen LogP contribution in [0.2, 0.25) is 5.02 Å². The maximum atomic E-state index is 16.8. The van der Waals surface area contributed by atoms with E-state index in [-0.39, 0.29) is 72.6 Å².